The Bertz CT molecular complexity index is 4000. The summed E-state index contributed by atoms with van der Waals surface area (Å²) >= 11 is 0. The first-order valence-electron chi connectivity index (χ1n) is 26.3. The second-order valence-corrected chi connectivity index (χ2v) is 21.9. The van der Waals surface area contributed by atoms with E-state index in [0.29, 0.717) is 0 Å². The van der Waals surface area contributed by atoms with Crippen LogP contribution in [0.2, 0.25) is 0 Å². The fraction of sp³-hybridized carbons (Fsp3) is 0.211. The van der Waals surface area contributed by atoms with Crippen molar-refractivity contribution >= 4 is 11.9 Å². The minimum atomic E-state index is -1.15. The zero-order valence-electron chi connectivity index (χ0n) is 47.1. The monoisotopic (exact) mass is 1020 g/mol. The van der Waals surface area contributed by atoms with Crippen molar-refractivity contribution in [3.05, 3.63) is 210 Å². The molecular weight excluding hydrogens is 949 g/mol. The fourth-order valence-electron chi connectivity index (χ4n) is 11.8. The molecule has 4 N–H and O–H groups in total. The van der Waals surface area contributed by atoms with Gasteiger partial charge >= 0.3 is 11.9 Å². The minimum absolute atomic E-state index is 0.0956. The molecule has 0 saturated heterocycles. The number of carboxylic acid groups (broad SMARTS) is 2. The zero-order chi connectivity index (χ0) is 55.8. The summed E-state index contributed by atoms with van der Waals surface area (Å²) in [5.74, 6) is -2.78. The molecule has 0 bridgehead atoms. The molecule has 0 atom stereocenters. The number of aromatic carboxylic acids is 2. The Morgan fingerprint density at radius 3 is 0.636 bits per heavy atom. The van der Waals surface area contributed by atoms with Crippen molar-refractivity contribution in [2.24, 2.45) is 0 Å². The van der Waals surface area contributed by atoms with Gasteiger partial charge in [0.15, 0.2) is 0 Å². The van der Waals surface area contributed by atoms with E-state index in [2.05, 4.69) is 182 Å². The molecule has 9 aromatic carbocycles. The smallest absolute Gasteiger partial charge is 0.339 e. The van der Waals surface area contributed by atoms with Gasteiger partial charge in [-0.05, 0) is 301 Å². The standard InChI is InChI=1S/C71H68O6/c1-35-19-53(36(2)18-52(35)50-16-17-51(70(74)75)68(72)33-50)54-20-38(4)55(21-37(54)3)56-22-40(6)57(23-39(56)5)58-24-42(8)59(25-41(58)7)60-26-44(10)61(27-43(60)9)62-28-46(12)63(29-45(62)11)64-30-48(14)65(31-47(64)13)66-34-69(73)67(71(76)77)32-49(66)15/h16-34,72-73H,1-15H3,(H,74,75)(H,76,77). The van der Waals surface area contributed by atoms with Crippen molar-refractivity contribution in [2.45, 2.75) is 104 Å². The molecule has 0 heterocycles. The number of phenols is 2. The van der Waals surface area contributed by atoms with Crippen LogP contribution in [0.15, 0.2) is 115 Å². The van der Waals surface area contributed by atoms with E-state index in [1.54, 1.807) is 18.2 Å². The Morgan fingerprint density at radius 2 is 0.416 bits per heavy atom. The average molecular weight is 1020 g/mol. The van der Waals surface area contributed by atoms with Crippen LogP contribution >= 0.6 is 0 Å². The summed E-state index contributed by atoms with van der Waals surface area (Å²) in [5.41, 5.74) is 35.0. The number of carboxylic acids is 2. The molecule has 0 saturated carbocycles. The van der Waals surface area contributed by atoms with Gasteiger partial charge in [0.25, 0.3) is 0 Å². The van der Waals surface area contributed by atoms with E-state index >= 15 is 0 Å². The Balaban J connectivity index is 0.982. The zero-order valence-corrected chi connectivity index (χ0v) is 47.1. The maximum absolute atomic E-state index is 11.7. The van der Waals surface area contributed by atoms with Crippen molar-refractivity contribution in [1.29, 1.82) is 0 Å². The number of benzene rings is 9. The van der Waals surface area contributed by atoms with E-state index in [9.17, 15) is 30.0 Å². The molecule has 0 aromatic heterocycles. The van der Waals surface area contributed by atoms with E-state index < -0.39 is 11.9 Å². The number of carbonyl (C=O) groups is 2. The molecular formula is C71H68O6. The van der Waals surface area contributed by atoms with Gasteiger partial charge in [-0.25, -0.2) is 9.59 Å². The van der Waals surface area contributed by atoms with Gasteiger partial charge in [0, 0.05) is 0 Å². The second-order valence-electron chi connectivity index (χ2n) is 21.9. The lowest BCUT2D eigenvalue weighted by molar-refractivity contribution is 0.0682. The molecule has 0 aliphatic heterocycles. The highest BCUT2D eigenvalue weighted by molar-refractivity contribution is 5.94. The molecule has 6 nitrogen and oxygen atoms in total. The third-order valence-corrected chi connectivity index (χ3v) is 16.1. The van der Waals surface area contributed by atoms with E-state index in [4.69, 9.17) is 0 Å². The van der Waals surface area contributed by atoms with Crippen molar-refractivity contribution < 1.29 is 30.0 Å². The van der Waals surface area contributed by atoms with Crippen LogP contribution in [-0.4, -0.2) is 32.4 Å². The number of aromatic hydroxyl groups is 2. The Morgan fingerprint density at radius 1 is 0.234 bits per heavy atom. The van der Waals surface area contributed by atoms with Crippen LogP contribution in [0.5, 0.6) is 11.5 Å². The summed E-state index contributed by atoms with van der Waals surface area (Å²) in [7, 11) is 0. The lowest BCUT2D eigenvalue weighted by Gasteiger charge is -2.21. The molecule has 77 heavy (non-hydrogen) atoms. The first-order valence-corrected chi connectivity index (χ1v) is 26.3. The van der Waals surface area contributed by atoms with Gasteiger partial charge in [-0.3, -0.25) is 0 Å². The van der Waals surface area contributed by atoms with Crippen LogP contribution in [0.25, 0.3) is 89.0 Å². The normalized spacial score (nSPS) is 11.4. The first kappa shape index (κ1) is 53.3. The van der Waals surface area contributed by atoms with Gasteiger partial charge in [0.1, 0.15) is 22.6 Å². The summed E-state index contributed by atoms with van der Waals surface area (Å²) in [4.78, 5) is 23.2. The fourth-order valence-corrected chi connectivity index (χ4v) is 11.8. The molecule has 0 radical (unpaired) electrons. The van der Waals surface area contributed by atoms with Crippen molar-refractivity contribution in [3.63, 3.8) is 0 Å². The molecule has 0 unspecified atom stereocenters. The summed E-state index contributed by atoms with van der Waals surface area (Å²) in [6, 6.07) is 39.9. The van der Waals surface area contributed by atoms with Gasteiger partial charge in [0.2, 0.25) is 0 Å². The Kier molecular flexibility index (Phi) is 14.0. The highest BCUT2D eigenvalue weighted by Gasteiger charge is 2.22. The molecule has 0 fully saturated rings. The van der Waals surface area contributed by atoms with Crippen LogP contribution in [0.4, 0.5) is 0 Å². The molecule has 388 valence electrons. The van der Waals surface area contributed by atoms with Gasteiger partial charge in [0.05, 0.1) is 0 Å². The average Bonchev–Trinajstić information content (AvgIpc) is 3.43. The van der Waals surface area contributed by atoms with Crippen LogP contribution in [0.1, 0.15) is 104 Å². The lowest BCUT2D eigenvalue weighted by Crippen LogP contribution is -2.00. The number of rotatable bonds is 10. The lowest BCUT2D eigenvalue weighted by atomic mass is 9.83. The number of hydrogen-bond donors (Lipinski definition) is 4. The minimum Gasteiger partial charge on any atom is -0.507 e. The van der Waals surface area contributed by atoms with Crippen LogP contribution < -0.4 is 0 Å². The predicted octanol–water partition coefficient (Wildman–Crippen LogP) is 18.5. The third-order valence-electron chi connectivity index (χ3n) is 16.1. The first-order chi connectivity index (χ1) is 36.3. The van der Waals surface area contributed by atoms with E-state index in [1.165, 1.54) is 123 Å². The van der Waals surface area contributed by atoms with Crippen LogP contribution in [-0.2, 0) is 0 Å². The predicted molar refractivity (Wildman–Crippen MR) is 318 cm³/mol. The molecule has 6 heteroatoms. The van der Waals surface area contributed by atoms with Crippen LogP contribution in [0.3, 0.4) is 0 Å². The quantitative estimate of drug-likeness (QED) is 0.108. The molecule has 0 aliphatic rings. The molecule has 0 spiro atoms. The van der Waals surface area contributed by atoms with Crippen LogP contribution in [0, 0.1) is 104 Å². The maximum atomic E-state index is 11.7. The van der Waals surface area contributed by atoms with Gasteiger partial charge in [-0.15, -0.1) is 0 Å². The molecule has 0 aliphatic carbocycles. The Hall–Kier alpha value is -8.48. The molecule has 9 aromatic rings. The summed E-state index contributed by atoms with van der Waals surface area (Å²) in [6.07, 6.45) is 0. The van der Waals surface area contributed by atoms with Gasteiger partial charge in [-0.1, -0.05) is 91.0 Å². The molecule has 0 amide bonds. The highest BCUT2D eigenvalue weighted by Crippen LogP contribution is 2.44. The highest BCUT2D eigenvalue weighted by atomic mass is 16.4. The van der Waals surface area contributed by atoms with Gasteiger partial charge < -0.3 is 20.4 Å². The van der Waals surface area contributed by atoms with Gasteiger partial charge in [-0.2, -0.15) is 0 Å². The SMILES string of the molecule is Cc1cc(-c2cc(C)c(-c3cc(C)c(-c4cc(C)c(-c5cc(C)c(-c6cc(C)c(-c7cc(C)c(-c8cc(O)c(C(=O)O)cc8C)cc7C)cc6C)cc5C)cc4C)cc3C)cc2C)c(C)cc1-c1ccc(C(=O)O)c(O)c1. The summed E-state index contributed by atoms with van der Waals surface area (Å²) in [6.45, 7) is 32.3. The van der Waals surface area contributed by atoms with Crippen molar-refractivity contribution in [1.82, 2.24) is 0 Å². The second kappa shape index (κ2) is 20.2. The van der Waals surface area contributed by atoms with E-state index in [0.717, 1.165) is 61.2 Å². The summed E-state index contributed by atoms with van der Waals surface area (Å²) in [5, 5.41) is 40.0. The largest absolute Gasteiger partial charge is 0.507 e. The maximum Gasteiger partial charge on any atom is 0.339 e. The third kappa shape index (κ3) is 9.74. The van der Waals surface area contributed by atoms with Crippen molar-refractivity contribution in [3.8, 4) is 101 Å². The molecule has 9 rings (SSSR count). The van der Waals surface area contributed by atoms with Crippen molar-refractivity contribution in [2.75, 3.05) is 0 Å². The number of aryl methyl sites for hydroxylation is 15. The van der Waals surface area contributed by atoms with E-state index in [1.807, 2.05) is 6.92 Å². The Labute approximate surface area is 454 Å². The van der Waals surface area contributed by atoms with E-state index in [-0.39, 0.29) is 22.6 Å². The number of hydrogen-bond acceptors (Lipinski definition) is 4. The summed E-state index contributed by atoms with van der Waals surface area (Å²) < 4.78 is 0. The topological polar surface area (TPSA) is 115 Å².